The highest BCUT2D eigenvalue weighted by atomic mass is 16.2. The fraction of sp³-hybridized carbons (Fsp3) is 0.389. The molecule has 7 heteroatoms. The minimum atomic E-state index is -0.332. The molecule has 1 atom stereocenters. The maximum absolute atomic E-state index is 12.5. The van der Waals surface area contributed by atoms with Gasteiger partial charge in [0.15, 0.2) is 17.0 Å². The van der Waals surface area contributed by atoms with Crippen LogP contribution in [0.1, 0.15) is 11.4 Å². The van der Waals surface area contributed by atoms with Gasteiger partial charge in [0.05, 0.1) is 19.6 Å². The number of quaternary nitrogens is 1. The van der Waals surface area contributed by atoms with Crippen molar-refractivity contribution in [3.8, 4) is 0 Å². The number of aromatic nitrogens is 4. The Morgan fingerprint density at radius 3 is 2.64 bits per heavy atom. The Balaban J connectivity index is 1.64. The molecule has 1 unspecified atom stereocenters. The predicted molar refractivity (Wildman–Crippen MR) is 94.8 cm³/mol. The van der Waals surface area contributed by atoms with Crippen molar-refractivity contribution in [1.82, 2.24) is 18.7 Å². The first-order valence-electron chi connectivity index (χ1n) is 8.59. The van der Waals surface area contributed by atoms with E-state index in [1.54, 1.807) is 7.05 Å². The Morgan fingerprint density at radius 1 is 1.12 bits per heavy atom. The molecule has 1 aliphatic rings. The number of aryl methyl sites for hydroxylation is 1. The molecule has 0 saturated carbocycles. The maximum atomic E-state index is 12.5. The quantitative estimate of drug-likeness (QED) is 0.670. The van der Waals surface area contributed by atoms with Gasteiger partial charge >= 0.3 is 5.69 Å². The molecule has 130 valence electrons. The zero-order chi connectivity index (χ0) is 17.6. The maximum Gasteiger partial charge on any atom is 0.332 e. The van der Waals surface area contributed by atoms with Crippen molar-refractivity contribution in [3.63, 3.8) is 0 Å². The van der Waals surface area contributed by atoms with Gasteiger partial charge in [-0.25, -0.2) is 9.78 Å². The van der Waals surface area contributed by atoms with Gasteiger partial charge in [-0.3, -0.25) is 13.9 Å². The molecular formula is C18H22N5O2+. The number of hydrogen-bond acceptors (Lipinski definition) is 3. The molecule has 0 spiro atoms. The molecule has 3 heterocycles. The molecule has 0 radical (unpaired) electrons. The zero-order valence-electron chi connectivity index (χ0n) is 14.5. The van der Waals surface area contributed by atoms with Gasteiger partial charge in [-0.1, -0.05) is 30.3 Å². The summed E-state index contributed by atoms with van der Waals surface area (Å²) in [6.07, 6.45) is 1.02. The number of benzene rings is 1. The average Bonchev–Trinajstić information content (AvgIpc) is 3.02. The third-order valence-electron chi connectivity index (χ3n) is 5.13. The van der Waals surface area contributed by atoms with Crippen LogP contribution >= 0.6 is 0 Å². The summed E-state index contributed by atoms with van der Waals surface area (Å²) in [6, 6.07) is 10.5. The molecule has 1 N–H and O–H groups in total. The Morgan fingerprint density at radius 2 is 1.88 bits per heavy atom. The van der Waals surface area contributed by atoms with E-state index in [9.17, 15) is 9.59 Å². The number of rotatable bonds is 3. The molecule has 25 heavy (non-hydrogen) atoms. The summed E-state index contributed by atoms with van der Waals surface area (Å²) in [5.41, 5.74) is 1.78. The average molecular weight is 340 g/mol. The van der Waals surface area contributed by atoms with E-state index in [0.717, 1.165) is 43.0 Å². The van der Waals surface area contributed by atoms with Crippen molar-refractivity contribution in [1.29, 1.82) is 0 Å². The Hall–Kier alpha value is -2.67. The first kappa shape index (κ1) is 15.8. The third kappa shape index (κ3) is 2.60. The molecule has 0 fully saturated rings. The number of imidazole rings is 1. The molecule has 3 aromatic rings. The lowest BCUT2D eigenvalue weighted by atomic mass is 10.1. The standard InChI is InChI=1S/C18H21N5O2/c1-20-16-15(17(24)21(2)18(20)25)23-11-10-22(12-14(23)19-16)9-8-13-6-4-3-5-7-13/h3-7H,8-12H2,1-2H3/p+1. The smallest absolute Gasteiger partial charge is 0.327 e. The monoisotopic (exact) mass is 340 g/mol. The van der Waals surface area contributed by atoms with Crippen molar-refractivity contribution in [2.45, 2.75) is 19.5 Å². The van der Waals surface area contributed by atoms with Crippen LogP contribution in [0.4, 0.5) is 0 Å². The third-order valence-corrected chi connectivity index (χ3v) is 5.13. The first-order valence-corrected chi connectivity index (χ1v) is 8.59. The van der Waals surface area contributed by atoms with Crippen LogP contribution in [0.2, 0.25) is 0 Å². The lowest BCUT2D eigenvalue weighted by Crippen LogP contribution is -3.12. The molecule has 7 nitrogen and oxygen atoms in total. The highest BCUT2D eigenvalue weighted by Gasteiger charge is 2.26. The van der Waals surface area contributed by atoms with E-state index in [1.165, 1.54) is 22.1 Å². The van der Waals surface area contributed by atoms with Gasteiger partial charge in [0, 0.05) is 20.5 Å². The number of fused-ring (bicyclic) bond motifs is 3. The second kappa shape index (κ2) is 6.00. The predicted octanol–water partition coefficient (Wildman–Crippen LogP) is -0.925. The zero-order valence-corrected chi connectivity index (χ0v) is 14.5. The fourth-order valence-electron chi connectivity index (χ4n) is 3.63. The number of nitrogens with zero attached hydrogens (tertiary/aromatic N) is 4. The second-order valence-corrected chi connectivity index (χ2v) is 6.72. The van der Waals surface area contributed by atoms with Crippen molar-refractivity contribution >= 4 is 11.2 Å². The van der Waals surface area contributed by atoms with Crippen LogP contribution in [0, 0.1) is 0 Å². The van der Waals surface area contributed by atoms with Gasteiger partial charge in [-0.15, -0.1) is 0 Å². The summed E-state index contributed by atoms with van der Waals surface area (Å²) in [7, 11) is 3.19. The summed E-state index contributed by atoms with van der Waals surface area (Å²) < 4.78 is 4.61. The molecular weight excluding hydrogens is 318 g/mol. The normalized spacial score (nSPS) is 17.0. The van der Waals surface area contributed by atoms with Crippen LogP contribution in [0.25, 0.3) is 11.2 Å². The van der Waals surface area contributed by atoms with Gasteiger partial charge < -0.3 is 9.47 Å². The molecule has 1 aromatic carbocycles. The number of nitrogens with one attached hydrogen (secondary N) is 1. The first-order chi connectivity index (χ1) is 12.1. The molecule has 0 saturated heterocycles. The summed E-state index contributed by atoms with van der Waals surface area (Å²) in [6.45, 7) is 3.52. The topological polar surface area (TPSA) is 66.3 Å². The van der Waals surface area contributed by atoms with Crippen molar-refractivity contribution in [2.75, 3.05) is 13.1 Å². The van der Waals surface area contributed by atoms with Crippen LogP contribution < -0.4 is 16.1 Å². The van der Waals surface area contributed by atoms with E-state index in [4.69, 9.17) is 0 Å². The van der Waals surface area contributed by atoms with Crippen molar-refractivity contribution in [2.24, 2.45) is 14.1 Å². The van der Waals surface area contributed by atoms with Crippen LogP contribution in [-0.2, 0) is 33.6 Å². The summed E-state index contributed by atoms with van der Waals surface area (Å²) in [5.74, 6) is 0.891. The van der Waals surface area contributed by atoms with E-state index >= 15 is 0 Å². The minimum absolute atomic E-state index is 0.260. The lowest BCUT2D eigenvalue weighted by Gasteiger charge is -2.24. The van der Waals surface area contributed by atoms with Gasteiger partial charge in [0.2, 0.25) is 0 Å². The fourth-order valence-corrected chi connectivity index (χ4v) is 3.63. The van der Waals surface area contributed by atoms with Crippen LogP contribution in [-0.4, -0.2) is 31.8 Å². The largest absolute Gasteiger partial charge is 0.332 e. The van der Waals surface area contributed by atoms with Gasteiger partial charge in [0.25, 0.3) is 5.56 Å². The van der Waals surface area contributed by atoms with E-state index in [-0.39, 0.29) is 11.2 Å². The van der Waals surface area contributed by atoms with Crippen LogP contribution in [0.5, 0.6) is 0 Å². The highest BCUT2D eigenvalue weighted by molar-refractivity contribution is 5.71. The summed E-state index contributed by atoms with van der Waals surface area (Å²) >= 11 is 0. The molecule has 0 aliphatic carbocycles. The Labute approximate surface area is 144 Å². The second-order valence-electron chi connectivity index (χ2n) is 6.72. The highest BCUT2D eigenvalue weighted by Crippen LogP contribution is 2.11. The molecule has 1 aliphatic heterocycles. The van der Waals surface area contributed by atoms with Crippen LogP contribution in [0.3, 0.4) is 0 Å². The van der Waals surface area contributed by atoms with Gasteiger partial charge in [0.1, 0.15) is 6.54 Å². The van der Waals surface area contributed by atoms with E-state index in [2.05, 4.69) is 29.2 Å². The Bertz CT molecular complexity index is 1050. The molecule has 0 amide bonds. The Kier molecular flexibility index (Phi) is 3.80. The van der Waals surface area contributed by atoms with E-state index in [1.807, 2.05) is 10.6 Å². The molecule has 0 bridgehead atoms. The SMILES string of the molecule is Cn1c(=O)c2c(nc3n2CC[NH+](CCc2ccccc2)C3)n(C)c1=O. The van der Waals surface area contributed by atoms with E-state index in [0.29, 0.717) is 11.2 Å². The number of hydrogen-bond donors (Lipinski definition) is 1. The van der Waals surface area contributed by atoms with Gasteiger partial charge in [-0.2, -0.15) is 0 Å². The van der Waals surface area contributed by atoms with Crippen molar-refractivity contribution < 1.29 is 4.90 Å². The summed E-state index contributed by atoms with van der Waals surface area (Å²) in [5, 5.41) is 0. The summed E-state index contributed by atoms with van der Waals surface area (Å²) in [4.78, 5) is 30.7. The minimum Gasteiger partial charge on any atom is -0.327 e. The van der Waals surface area contributed by atoms with Gasteiger partial charge in [-0.05, 0) is 5.56 Å². The van der Waals surface area contributed by atoms with Crippen LogP contribution in [0.15, 0.2) is 39.9 Å². The van der Waals surface area contributed by atoms with Crippen molar-refractivity contribution in [3.05, 3.63) is 62.6 Å². The molecule has 4 rings (SSSR count). The lowest BCUT2D eigenvalue weighted by molar-refractivity contribution is -0.918. The molecule has 2 aromatic heterocycles. The van der Waals surface area contributed by atoms with E-state index < -0.39 is 0 Å².